The Kier molecular flexibility index (Phi) is 6.10. The van der Waals surface area contributed by atoms with E-state index in [0.717, 1.165) is 18.4 Å². The van der Waals surface area contributed by atoms with Gasteiger partial charge in [-0.2, -0.15) is 0 Å². The molecule has 132 valence electrons. The lowest BCUT2D eigenvalue weighted by Gasteiger charge is -2.35. The molecule has 1 aliphatic rings. The van der Waals surface area contributed by atoms with E-state index in [2.05, 4.69) is 5.32 Å². The predicted octanol–water partition coefficient (Wildman–Crippen LogP) is 3.75. The third kappa shape index (κ3) is 5.41. The van der Waals surface area contributed by atoms with Crippen LogP contribution >= 0.6 is 11.6 Å². The number of carbonyl (C=O) groups is 2. The molecule has 1 aliphatic heterocycles. The first-order valence-electron chi connectivity index (χ1n) is 8.28. The number of halogens is 1. The first-order chi connectivity index (χ1) is 11.3. The van der Waals surface area contributed by atoms with Crippen molar-refractivity contribution < 1.29 is 14.3 Å². The summed E-state index contributed by atoms with van der Waals surface area (Å²) < 4.78 is 5.43. The Balaban J connectivity index is 1.97. The second-order valence-corrected chi connectivity index (χ2v) is 7.47. The lowest BCUT2D eigenvalue weighted by molar-refractivity contribution is -0.127. The summed E-state index contributed by atoms with van der Waals surface area (Å²) in [6.07, 6.45) is 2.05. The van der Waals surface area contributed by atoms with Crippen LogP contribution in [-0.4, -0.2) is 35.1 Å². The van der Waals surface area contributed by atoms with Crippen molar-refractivity contribution in [2.24, 2.45) is 0 Å². The molecule has 24 heavy (non-hydrogen) atoms. The summed E-state index contributed by atoms with van der Waals surface area (Å²) in [6, 6.07) is 6.85. The minimum absolute atomic E-state index is 0.143. The number of nitrogens with one attached hydrogen (secondary N) is 1. The number of piperidine rings is 1. The van der Waals surface area contributed by atoms with Crippen LogP contribution in [0.3, 0.4) is 0 Å². The molecule has 0 saturated carbocycles. The molecule has 1 aromatic carbocycles. The fourth-order valence-corrected chi connectivity index (χ4v) is 2.78. The molecule has 1 N–H and O–H groups in total. The van der Waals surface area contributed by atoms with Crippen molar-refractivity contribution in [1.29, 1.82) is 0 Å². The molecule has 0 bridgehead atoms. The highest BCUT2D eigenvalue weighted by Crippen LogP contribution is 2.21. The van der Waals surface area contributed by atoms with Crippen LogP contribution in [0.15, 0.2) is 24.3 Å². The lowest BCUT2D eigenvalue weighted by atomic mass is 10.0. The minimum atomic E-state index is -0.571. The fourth-order valence-electron chi connectivity index (χ4n) is 2.65. The smallest absolute Gasteiger partial charge is 0.410 e. The zero-order chi connectivity index (χ0) is 17.7. The number of hydrogen-bond donors (Lipinski definition) is 1. The largest absolute Gasteiger partial charge is 0.444 e. The van der Waals surface area contributed by atoms with Crippen molar-refractivity contribution in [3.8, 4) is 0 Å². The molecule has 0 unspecified atom stereocenters. The van der Waals surface area contributed by atoms with Crippen LogP contribution in [0.1, 0.15) is 45.6 Å². The molecule has 6 heteroatoms. The van der Waals surface area contributed by atoms with Gasteiger partial charge in [-0.05, 0) is 57.7 Å². The van der Waals surface area contributed by atoms with Gasteiger partial charge in [0.25, 0.3) is 0 Å². The number of amides is 2. The van der Waals surface area contributed by atoms with Gasteiger partial charge in [0.2, 0.25) is 5.91 Å². The molecule has 0 radical (unpaired) electrons. The zero-order valence-electron chi connectivity index (χ0n) is 14.5. The Labute approximate surface area is 148 Å². The summed E-state index contributed by atoms with van der Waals surface area (Å²) in [4.78, 5) is 26.4. The highest BCUT2D eigenvalue weighted by Gasteiger charge is 2.34. The van der Waals surface area contributed by atoms with Crippen molar-refractivity contribution in [1.82, 2.24) is 10.2 Å². The van der Waals surface area contributed by atoms with Gasteiger partial charge in [0.05, 0.1) is 0 Å². The second-order valence-electron chi connectivity index (χ2n) is 7.03. The molecule has 1 atom stereocenters. The van der Waals surface area contributed by atoms with Gasteiger partial charge in [-0.3, -0.25) is 9.69 Å². The maximum Gasteiger partial charge on any atom is 0.410 e. The molecule has 0 spiro atoms. The van der Waals surface area contributed by atoms with E-state index in [1.807, 2.05) is 32.9 Å². The number of likely N-dealkylation sites (tertiary alicyclic amines) is 1. The van der Waals surface area contributed by atoms with E-state index in [9.17, 15) is 9.59 Å². The van der Waals surface area contributed by atoms with Gasteiger partial charge in [0.15, 0.2) is 0 Å². The van der Waals surface area contributed by atoms with E-state index >= 15 is 0 Å². The first-order valence-corrected chi connectivity index (χ1v) is 8.66. The normalized spacial score (nSPS) is 18.2. The quantitative estimate of drug-likeness (QED) is 0.901. The number of benzene rings is 1. The van der Waals surface area contributed by atoms with Crippen molar-refractivity contribution in [3.05, 3.63) is 34.9 Å². The number of nitrogens with zero attached hydrogens (tertiary/aromatic N) is 1. The Hall–Kier alpha value is -1.75. The summed E-state index contributed by atoms with van der Waals surface area (Å²) in [5.74, 6) is -0.143. The topological polar surface area (TPSA) is 58.6 Å². The maximum atomic E-state index is 12.5. The van der Waals surface area contributed by atoms with Crippen molar-refractivity contribution in [3.63, 3.8) is 0 Å². The molecular formula is C18H25ClN2O3. The molecule has 1 heterocycles. The van der Waals surface area contributed by atoms with Crippen LogP contribution in [0, 0.1) is 0 Å². The van der Waals surface area contributed by atoms with E-state index < -0.39 is 17.7 Å². The minimum Gasteiger partial charge on any atom is -0.444 e. The third-order valence-electron chi connectivity index (χ3n) is 3.81. The van der Waals surface area contributed by atoms with E-state index in [1.165, 1.54) is 0 Å². The molecule has 5 nitrogen and oxygen atoms in total. The highest BCUT2D eigenvalue weighted by molar-refractivity contribution is 6.30. The monoisotopic (exact) mass is 352 g/mol. The fraction of sp³-hybridized carbons (Fsp3) is 0.556. The second kappa shape index (κ2) is 7.88. The molecule has 2 rings (SSSR count). The van der Waals surface area contributed by atoms with Gasteiger partial charge in [0.1, 0.15) is 11.6 Å². The van der Waals surface area contributed by atoms with Gasteiger partial charge in [0, 0.05) is 18.1 Å². The molecule has 1 fully saturated rings. The summed E-state index contributed by atoms with van der Waals surface area (Å²) in [6.45, 7) is 6.43. The van der Waals surface area contributed by atoms with E-state index in [1.54, 1.807) is 17.0 Å². The lowest BCUT2D eigenvalue weighted by Crippen LogP contribution is -2.52. The first kappa shape index (κ1) is 18.6. The van der Waals surface area contributed by atoms with Crippen LogP contribution in [-0.2, 0) is 16.1 Å². The van der Waals surface area contributed by atoms with Gasteiger partial charge in [-0.1, -0.05) is 23.7 Å². The molecule has 1 saturated heterocycles. The number of carbonyl (C=O) groups excluding carboxylic acids is 2. The molecule has 0 aromatic heterocycles. The molecular weight excluding hydrogens is 328 g/mol. The van der Waals surface area contributed by atoms with Gasteiger partial charge < -0.3 is 10.1 Å². The van der Waals surface area contributed by atoms with E-state index in [-0.39, 0.29) is 5.91 Å². The van der Waals surface area contributed by atoms with Crippen LogP contribution in [0.25, 0.3) is 0 Å². The summed E-state index contributed by atoms with van der Waals surface area (Å²) >= 11 is 5.86. The Morgan fingerprint density at radius 1 is 1.25 bits per heavy atom. The number of rotatable bonds is 3. The van der Waals surface area contributed by atoms with E-state index in [0.29, 0.717) is 24.5 Å². The number of hydrogen-bond acceptors (Lipinski definition) is 3. The van der Waals surface area contributed by atoms with Gasteiger partial charge in [-0.15, -0.1) is 0 Å². The van der Waals surface area contributed by atoms with Gasteiger partial charge >= 0.3 is 6.09 Å². The molecule has 1 aromatic rings. The summed E-state index contributed by atoms with van der Waals surface area (Å²) in [5, 5.41) is 3.56. The highest BCUT2D eigenvalue weighted by atomic mass is 35.5. The van der Waals surface area contributed by atoms with Crippen molar-refractivity contribution in [2.75, 3.05) is 6.54 Å². The zero-order valence-corrected chi connectivity index (χ0v) is 15.2. The molecule has 2 amide bonds. The van der Waals surface area contributed by atoms with Gasteiger partial charge in [-0.25, -0.2) is 4.79 Å². The SMILES string of the molecule is CC(C)(C)OC(=O)N1CCCC[C@H]1C(=O)NCc1ccc(Cl)cc1. The summed E-state index contributed by atoms with van der Waals surface area (Å²) in [7, 11) is 0. The Morgan fingerprint density at radius 3 is 2.54 bits per heavy atom. The van der Waals surface area contributed by atoms with Crippen LogP contribution in [0.5, 0.6) is 0 Å². The standard InChI is InChI=1S/C18H25ClN2O3/c1-18(2,3)24-17(23)21-11-5-4-6-15(21)16(22)20-12-13-7-9-14(19)10-8-13/h7-10,15H,4-6,11-12H2,1-3H3,(H,20,22)/t15-/m0/s1. The third-order valence-corrected chi connectivity index (χ3v) is 4.07. The Morgan fingerprint density at radius 2 is 1.92 bits per heavy atom. The Bertz CT molecular complexity index is 581. The maximum absolute atomic E-state index is 12.5. The predicted molar refractivity (Wildman–Crippen MR) is 93.9 cm³/mol. The molecule has 0 aliphatic carbocycles. The summed E-state index contributed by atoms with van der Waals surface area (Å²) in [5.41, 5.74) is 0.395. The average Bonchev–Trinajstić information content (AvgIpc) is 2.52. The van der Waals surface area contributed by atoms with Crippen LogP contribution in [0.4, 0.5) is 4.79 Å². The average molecular weight is 353 g/mol. The van der Waals surface area contributed by atoms with Crippen molar-refractivity contribution >= 4 is 23.6 Å². The van der Waals surface area contributed by atoms with Crippen LogP contribution in [0.2, 0.25) is 5.02 Å². The van der Waals surface area contributed by atoms with Crippen LogP contribution < -0.4 is 5.32 Å². The van der Waals surface area contributed by atoms with Crippen molar-refractivity contribution in [2.45, 2.75) is 58.2 Å². The number of ether oxygens (including phenoxy) is 1. The van der Waals surface area contributed by atoms with E-state index in [4.69, 9.17) is 16.3 Å².